The van der Waals surface area contributed by atoms with E-state index in [4.69, 9.17) is 0 Å². The molecule has 2 aromatic carbocycles. The average molecular weight is 286 g/mol. The minimum absolute atomic E-state index is 0.196. The molecule has 0 aliphatic rings. The molecule has 21 heavy (non-hydrogen) atoms. The van der Waals surface area contributed by atoms with E-state index in [9.17, 15) is 4.39 Å². The van der Waals surface area contributed by atoms with Crippen LogP contribution in [0.5, 0.6) is 0 Å². The molecule has 2 nitrogen and oxygen atoms in total. The first-order chi connectivity index (χ1) is 10.1. The highest BCUT2D eigenvalue weighted by atomic mass is 19.1. The zero-order valence-electron chi connectivity index (χ0n) is 13.0. The van der Waals surface area contributed by atoms with E-state index in [1.54, 1.807) is 12.1 Å². The fourth-order valence-corrected chi connectivity index (χ4v) is 2.52. The number of hydrogen-bond donors (Lipinski definition) is 0. The second-order valence-electron chi connectivity index (χ2n) is 5.61. The number of rotatable bonds is 6. The molecule has 0 fully saturated rings. The molecule has 3 heteroatoms. The second kappa shape index (κ2) is 7.23. The van der Waals surface area contributed by atoms with Crippen LogP contribution in [0.4, 0.5) is 10.1 Å². The molecule has 0 bridgehead atoms. The fourth-order valence-electron chi connectivity index (χ4n) is 2.52. The number of halogens is 1. The Labute approximate surface area is 126 Å². The van der Waals surface area contributed by atoms with Gasteiger partial charge in [-0.2, -0.15) is 0 Å². The summed E-state index contributed by atoms with van der Waals surface area (Å²) >= 11 is 0. The van der Waals surface area contributed by atoms with Crippen molar-refractivity contribution < 1.29 is 4.39 Å². The highest BCUT2D eigenvalue weighted by Gasteiger charge is 2.17. The van der Waals surface area contributed by atoms with Gasteiger partial charge in [-0.05, 0) is 50.8 Å². The van der Waals surface area contributed by atoms with E-state index in [1.165, 1.54) is 11.6 Å². The normalized spacial score (nSPS) is 12.4. The Bertz CT molecular complexity index is 554. The molecule has 0 saturated carbocycles. The van der Waals surface area contributed by atoms with Crippen LogP contribution < -0.4 is 4.90 Å². The van der Waals surface area contributed by atoms with Gasteiger partial charge in [0.05, 0.1) is 6.04 Å². The lowest BCUT2D eigenvalue weighted by Crippen LogP contribution is -2.27. The first-order valence-corrected chi connectivity index (χ1v) is 7.26. The van der Waals surface area contributed by atoms with Crippen LogP contribution >= 0.6 is 0 Å². The van der Waals surface area contributed by atoms with Gasteiger partial charge in [0, 0.05) is 12.7 Å². The van der Waals surface area contributed by atoms with E-state index in [0.717, 1.165) is 18.7 Å². The Morgan fingerprint density at radius 1 is 0.952 bits per heavy atom. The van der Waals surface area contributed by atoms with Crippen molar-refractivity contribution in [3.05, 3.63) is 66.0 Å². The average Bonchev–Trinajstić information content (AvgIpc) is 2.48. The van der Waals surface area contributed by atoms with E-state index >= 15 is 0 Å². The topological polar surface area (TPSA) is 6.48 Å². The summed E-state index contributed by atoms with van der Waals surface area (Å²) in [5, 5.41) is 0. The second-order valence-corrected chi connectivity index (χ2v) is 5.61. The summed E-state index contributed by atoms with van der Waals surface area (Å²) in [6, 6.07) is 17.4. The third kappa shape index (κ3) is 4.30. The monoisotopic (exact) mass is 286 g/mol. The van der Waals surface area contributed by atoms with Gasteiger partial charge in [-0.1, -0.05) is 36.4 Å². The zero-order chi connectivity index (χ0) is 15.2. The van der Waals surface area contributed by atoms with Crippen LogP contribution in [0.15, 0.2) is 54.6 Å². The largest absolute Gasteiger partial charge is 0.367 e. The van der Waals surface area contributed by atoms with Crippen molar-refractivity contribution in [3.8, 4) is 0 Å². The smallest absolute Gasteiger partial charge is 0.125 e. The third-order valence-electron chi connectivity index (χ3n) is 3.72. The van der Waals surface area contributed by atoms with Crippen LogP contribution in [0, 0.1) is 5.82 Å². The molecular formula is C18H23FN2. The maximum absolute atomic E-state index is 13.5. The summed E-state index contributed by atoms with van der Waals surface area (Å²) < 4.78 is 13.5. The third-order valence-corrected chi connectivity index (χ3v) is 3.72. The van der Waals surface area contributed by atoms with Gasteiger partial charge in [-0.3, -0.25) is 0 Å². The van der Waals surface area contributed by atoms with E-state index < -0.39 is 0 Å². The van der Waals surface area contributed by atoms with Crippen LogP contribution in [0.3, 0.4) is 0 Å². The Hall–Kier alpha value is -1.87. The molecule has 0 aliphatic heterocycles. The summed E-state index contributed by atoms with van der Waals surface area (Å²) in [5.74, 6) is -0.196. The van der Waals surface area contributed by atoms with E-state index in [0.29, 0.717) is 0 Å². The maximum Gasteiger partial charge on any atom is 0.125 e. The fraction of sp³-hybridized carbons (Fsp3) is 0.333. The number of hydrogen-bond acceptors (Lipinski definition) is 2. The van der Waals surface area contributed by atoms with Gasteiger partial charge in [0.1, 0.15) is 5.82 Å². The first kappa shape index (κ1) is 15.5. The number of anilines is 1. The van der Waals surface area contributed by atoms with Crippen LogP contribution in [-0.4, -0.2) is 32.6 Å². The van der Waals surface area contributed by atoms with Crippen molar-refractivity contribution in [2.24, 2.45) is 0 Å². The summed E-state index contributed by atoms with van der Waals surface area (Å²) in [4.78, 5) is 4.33. The molecule has 112 valence electrons. The molecule has 0 saturated heterocycles. The Balaban J connectivity index is 2.26. The predicted octanol–water partition coefficient (Wildman–Crippen LogP) is 3.95. The van der Waals surface area contributed by atoms with Crippen molar-refractivity contribution >= 4 is 5.69 Å². The SMILES string of the molecule is CN(C)CCC(c1ccccc1)N(C)c1cccc(F)c1. The molecular weight excluding hydrogens is 263 g/mol. The van der Waals surface area contributed by atoms with Gasteiger partial charge in [0.15, 0.2) is 0 Å². The van der Waals surface area contributed by atoms with Crippen molar-refractivity contribution in [2.45, 2.75) is 12.5 Å². The van der Waals surface area contributed by atoms with Crippen LogP contribution in [0.2, 0.25) is 0 Å². The van der Waals surface area contributed by atoms with E-state index in [2.05, 4.69) is 48.2 Å². The summed E-state index contributed by atoms with van der Waals surface area (Å²) in [7, 11) is 6.18. The first-order valence-electron chi connectivity index (χ1n) is 7.26. The van der Waals surface area contributed by atoms with Gasteiger partial charge in [-0.15, -0.1) is 0 Å². The van der Waals surface area contributed by atoms with Crippen molar-refractivity contribution in [1.29, 1.82) is 0 Å². The molecule has 0 aliphatic carbocycles. The van der Waals surface area contributed by atoms with Gasteiger partial charge < -0.3 is 9.80 Å². The minimum Gasteiger partial charge on any atom is -0.367 e. The summed E-state index contributed by atoms with van der Waals surface area (Å²) in [6.07, 6.45) is 0.990. The maximum atomic E-state index is 13.5. The van der Waals surface area contributed by atoms with Crippen molar-refractivity contribution in [2.75, 3.05) is 32.6 Å². The highest BCUT2D eigenvalue weighted by molar-refractivity contribution is 5.48. The van der Waals surface area contributed by atoms with E-state index in [1.807, 2.05) is 19.2 Å². The standard InChI is InChI=1S/C18H23FN2/c1-20(2)13-12-18(15-8-5-4-6-9-15)21(3)17-11-7-10-16(19)14-17/h4-11,14,18H,12-13H2,1-3H3. The van der Waals surface area contributed by atoms with Crippen LogP contribution in [0.25, 0.3) is 0 Å². The molecule has 0 heterocycles. The summed E-state index contributed by atoms with van der Waals surface area (Å²) in [5.41, 5.74) is 2.16. The van der Waals surface area contributed by atoms with Gasteiger partial charge in [-0.25, -0.2) is 4.39 Å². The highest BCUT2D eigenvalue weighted by Crippen LogP contribution is 2.28. The molecule has 0 amide bonds. The quantitative estimate of drug-likeness (QED) is 0.793. The molecule has 2 aromatic rings. The molecule has 0 spiro atoms. The Morgan fingerprint density at radius 3 is 2.29 bits per heavy atom. The van der Waals surface area contributed by atoms with Crippen molar-refractivity contribution in [1.82, 2.24) is 4.90 Å². The van der Waals surface area contributed by atoms with Gasteiger partial charge >= 0.3 is 0 Å². The molecule has 0 aromatic heterocycles. The number of benzene rings is 2. The summed E-state index contributed by atoms with van der Waals surface area (Å²) in [6.45, 7) is 0.985. The molecule has 1 atom stereocenters. The lowest BCUT2D eigenvalue weighted by atomic mass is 10.0. The molecule has 0 N–H and O–H groups in total. The van der Waals surface area contributed by atoms with Crippen molar-refractivity contribution in [3.63, 3.8) is 0 Å². The predicted molar refractivity (Wildman–Crippen MR) is 87.2 cm³/mol. The van der Waals surface area contributed by atoms with Crippen LogP contribution in [0.1, 0.15) is 18.0 Å². The molecule has 0 radical (unpaired) electrons. The Morgan fingerprint density at radius 2 is 1.67 bits per heavy atom. The van der Waals surface area contributed by atoms with Gasteiger partial charge in [0.2, 0.25) is 0 Å². The molecule has 2 rings (SSSR count). The van der Waals surface area contributed by atoms with Crippen LogP contribution in [-0.2, 0) is 0 Å². The molecule has 1 unspecified atom stereocenters. The van der Waals surface area contributed by atoms with E-state index in [-0.39, 0.29) is 11.9 Å². The lowest BCUT2D eigenvalue weighted by molar-refractivity contribution is 0.379. The van der Waals surface area contributed by atoms with Gasteiger partial charge in [0.25, 0.3) is 0 Å². The number of nitrogens with zero attached hydrogens (tertiary/aromatic N) is 2. The zero-order valence-corrected chi connectivity index (χ0v) is 13.0. The Kier molecular flexibility index (Phi) is 5.34. The lowest BCUT2D eigenvalue weighted by Gasteiger charge is -2.31. The minimum atomic E-state index is -0.196.